The first-order valence-electron chi connectivity index (χ1n) is 4.69. The van der Waals surface area contributed by atoms with Gasteiger partial charge in [0.25, 0.3) is 0 Å². The van der Waals surface area contributed by atoms with Crippen molar-refractivity contribution in [2.24, 2.45) is 0 Å². The molecular formula is C11H9Br3O3. The molecule has 0 atom stereocenters. The zero-order valence-corrected chi connectivity index (χ0v) is 13.6. The predicted octanol–water partition coefficient (Wildman–Crippen LogP) is 4.43. The highest BCUT2D eigenvalue weighted by Gasteiger charge is 2.10. The van der Waals surface area contributed by atoms with Crippen LogP contribution in [0, 0.1) is 0 Å². The van der Waals surface area contributed by atoms with Gasteiger partial charge in [-0.15, -0.1) is 0 Å². The third-order valence-corrected chi connectivity index (χ3v) is 5.01. The van der Waals surface area contributed by atoms with E-state index in [1.165, 1.54) is 12.3 Å². The van der Waals surface area contributed by atoms with Gasteiger partial charge >= 0.3 is 5.97 Å². The molecule has 0 N–H and O–H groups in total. The van der Waals surface area contributed by atoms with E-state index in [2.05, 4.69) is 47.8 Å². The summed E-state index contributed by atoms with van der Waals surface area (Å²) in [6.07, 6.45) is 2.54. The maximum atomic E-state index is 11.4. The molecule has 0 saturated carbocycles. The summed E-state index contributed by atoms with van der Waals surface area (Å²) in [6.45, 7) is 2.34. The van der Waals surface area contributed by atoms with Crippen LogP contribution in [0.2, 0.25) is 0 Å². The third kappa shape index (κ3) is 4.44. The third-order valence-electron chi connectivity index (χ3n) is 1.68. The Morgan fingerprint density at radius 3 is 2.65 bits per heavy atom. The fourth-order valence-electron chi connectivity index (χ4n) is 0.929. The van der Waals surface area contributed by atoms with Gasteiger partial charge in [-0.1, -0.05) is 0 Å². The Bertz CT molecular complexity index is 444. The molecule has 0 unspecified atom stereocenters. The maximum Gasteiger partial charge on any atom is 0.339 e. The van der Waals surface area contributed by atoms with E-state index in [-0.39, 0.29) is 0 Å². The Morgan fingerprint density at radius 2 is 2.00 bits per heavy atom. The average molecular weight is 429 g/mol. The molecule has 0 spiro atoms. The van der Waals surface area contributed by atoms with Gasteiger partial charge in [0.15, 0.2) is 0 Å². The van der Waals surface area contributed by atoms with Crippen LogP contribution in [-0.4, -0.2) is 12.6 Å². The molecule has 0 aliphatic heterocycles. The van der Waals surface area contributed by atoms with Crippen molar-refractivity contribution < 1.29 is 14.3 Å². The summed E-state index contributed by atoms with van der Waals surface area (Å²) in [6, 6.07) is 3.47. The Balaban J connectivity index is 2.76. The molecule has 0 amide bonds. The van der Waals surface area contributed by atoms with Crippen molar-refractivity contribution in [3.63, 3.8) is 0 Å². The largest absolute Gasteiger partial charge is 0.501 e. The molecule has 92 valence electrons. The van der Waals surface area contributed by atoms with Crippen molar-refractivity contribution in [3.8, 4) is 5.75 Å². The molecule has 0 radical (unpaired) electrons. The van der Waals surface area contributed by atoms with Crippen LogP contribution in [-0.2, 0) is 9.53 Å². The van der Waals surface area contributed by atoms with Crippen molar-refractivity contribution >= 4 is 53.8 Å². The van der Waals surface area contributed by atoms with E-state index >= 15 is 0 Å². The van der Waals surface area contributed by atoms with Crippen LogP contribution in [0.15, 0.2) is 37.9 Å². The fraction of sp³-hybridized carbons (Fsp3) is 0.182. The van der Waals surface area contributed by atoms with Gasteiger partial charge in [0.05, 0.1) is 23.4 Å². The minimum atomic E-state index is -0.492. The first-order chi connectivity index (χ1) is 8.06. The van der Waals surface area contributed by atoms with Crippen molar-refractivity contribution in [1.29, 1.82) is 0 Å². The molecule has 0 bridgehead atoms. The number of halogens is 3. The summed E-state index contributed by atoms with van der Waals surface area (Å²) >= 11 is 10.0. The number of benzene rings is 1. The number of hydrogen-bond donors (Lipinski definition) is 0. The molecule has 17 heavy (non-hydrogen) atoms. The van der Waals surface area contributed by atoms with E-state index in [9.17, 15) is 4.79 Å². The van der Waals surface area contributed by atoms with Crippen LogP contribution >= 0.6 is 47.8 Å². The van der Waals surface area contributed by atoms with E-state index in [0.29, 0.717) is 16.8 Å². The van der Waals surface area contributed by atoms with Crippen LogP contribution < -0.4 is 4.74 Å². The SMILES string of the molecule is CCOC=CC(=O)Oc1ccc(Br)c(Br)c1Br. The van der Waals surface area contributed by atoms with E-state index in [1.807, 2.05) is 6.92 Å². The van der Waals surface area contributed by atoms with Gasteiger partial charge in [0.2, 0.25) is 0 Å². The van der Waals surface area contributed by atoms with Gasteiger partial charge in [-0.05, 0) is 66.8 Å². The second-order valence-corrected chi connectivity index (χ2v) is 5.29. The number of esters is 1. The monoisotopic (exact) mass is 426 g/mol. The van der Waals surface area contributed by atoms with E-state index in [1.54, 1.807) is 12.1 Å². The molecule has 0 aliphatic rings. The molecule has 0 saturated heterocycles. The zero-order valence-electron chi connectivity index (χ0n) is 8.88. The Hall–Kier alpha value is -0.330. The molecule has 6 heteroatoms. The highest BCUT2D eigenvalue weighted by molar-refractivity contribution is 9.14. The Labute approximate surface area is 125 Å². The maximum absolute atomic E-state index is 11.4. The predicted molar refractivity (Wildman–Crippen MR) is 75.9 cm³/mol. The van der Waals surface area contributed by atoms with Crippen molar-refractivity contribution in [1.82, 2.24) is 0 Å². The van der Waals surface area contributed by atoms with Crippen molar-refractivity contribution in [3.05, 3.63) is 37.9 Å². The zero-order chi connectivity index (χ0) is 12.8. The second-order valence-electron chi connectivity index (χ2n) is 2.85. The normalized spacial score (nSPS) is 10.6. The lowest BCUT2D eigenvalue weighted by Crippen LogP contribution is -2.04. The molecule has 0 aliphatic carbocycles. The first-order valence-corrected chi connectivity index (χ1v) is 7.07. The Kier molecular flexibility index (Phi) is 6.22. The number of hydrogen-bond acceptors (Lipinski definition) is 3. The highest BCUT2D eigenvalue weighted by Crippen LogP contribution is 2.37. The number of rotatable bonds is 4. The van der Waals surface area contributed by atoms with Gasteiger partial charge in [-0.3, -0.25) is 0 Å². The van der Waals surface area contributed by atoms with Crippen LogP contribution in [0.5, 0.6) is 5.75 Å². The van der Waals surface area contributed by atoms with Crippen molar-refractivity contribution in [2.45, 2.75) is 6.92 Å². The summed E-state index contributed by atoms with van der Waals surface area (Å²) in [5.41, 5.74) is 0. The van der Waals surface area contributed by atoms with Crippen LogP contribution in [0.25, 0.3) is 0 Å². The van der Waals surface area contributed by atoms with Crippen LogP contribution in [0.3, 0.4) is 0 Å². The Morgan fingerprint density at radius 1 is 1.29 bits per heavy atom. The quantitative estimate of drug-likeness (QED) is 0.234. The smallest absolute Gasteiger partial charge is 0.339 e. The van der Waals surface area contributed by atoms with Gasteiger partial charge < -0.3 is 9.47 Å². The summed E-state index contributed by atoms with van der Waals surface area (Å²) in [7, 11) is 0. The summed E-state index contributed by atoms with van der Waals surface area (Å²) in [4.78, 5) is 11.4. The van der Waals surface area contributed by atoms with Gasteiger partial charge in [0, 0.05) is 8.95 Å². The lowest BCUT2D eigenvalue weighted by atomic mass is 10.3. The molecule has 3 nitrogen and oxygen atoms in total. The molecular weight excluding hydrogens is 420 g/mol. The average Bonchev–Trinajstić information content (AvgIpc) is 2.30. The molecule has 0 heterocycles. The molecule has 0 fully saturated rings. The minimum Gasteiger partial charge on any atom is -0.501 e. The highest BCUT2D eigenvalue weighted by atomic mass is 79.9. The second kappa shape index (κ2) is 7.18. The lowest BCUT2D eigenvalue weighted by molar-refractivity contribution is -0.129. The number of ether oxygens (including phenoxy) is 2. The molecule has 1 rings (SSSR count). The van der Waals surface area contributed by atoms with Crippen molar-refractivity contribution in [2.75, 3.05) is 6.61 Å². The van der Waals surface area contributed by atoms with Crippen LogP contribution in [0.4, 0.5) is 0 Å². The summed E-state index contributed by atoms with van der Waals surface area (Å²) < 4.78 is 12.4. The minimum absolute atomic E-state index is 0.436. The fourth-order valence-corrected chi connectivity index (χ4v) is 2.28. The van der Waals surface area contributed by atoms with Crippen LogP contribution in [0.1, 0.15) is 6.92 Å². The van der Waals surface area contributed by atoms with E-state index < -0.39 is 5.97 Å². The van der Waals surface area contributed by atoms with E-state index in [0.717, 1.165) is 8.95 Å². The standard InChI is InChI=1S/C11H9Br3O3/c1-2-16-6-5-9(15)17-8-4-3-7(12)10(13)11(8)14/h3-6H,2H2,1H3. The summed E-state index contributed by atoms with van der Waals surface area (Å²) in [5.74, 6) is -0.0559. The van der Waals surface area contributed by atoms with Gasteiger partial charge in [0.1, 0.15) is 5.75 Å². The molecule has 1 aromatic rings. The van der Waals surface area contributed by atoms with Gasteiger partial charge in [-0.25, -0.2) is 4.79 Å². The van der Waals surface area contributed by atoms with Gasteiger partial charge in [-0.2, -0.15) is 0 Å². The first kappa shape index (κ1) is 14.7. The van der Waals surface area contributed by atoms with E-state index in [4.69, 9.17) is 9.47 Å². The lowest BCUT2D eigenvalue weighted by Gasteiger charge is -2.06. The number of carbonyl (C=O) groups excluding carboxylic acids is 1. The molecule has 1 aromatic carbocycles. The number of carbonyl (C=O) groups is 1. The molecule has 0 aromatic heterocycles. The topological polar surface area (TPSA) is 35.5 Å². The summed E-state index contributed by atoms with van der Waals surface area (Å²) in [5, 5.41) is 0.